The van der Waals surface area contributed by atoms with E-state index in [9.17, 15) is 4.79 Å². The molecule has 0 saturated heterocycles. The van der Waals surface area contributed by atoms with E-state index in [2.05, 4.69) is 17.2 Å². The van der Waals surface area contributed by atoms with Crippen molar-refractivity contribution in [1.82, 2.24) is 5.32 Å². The van der Waals surface area contributed by atoms with E-state index < -0.39 is 0 Å². The summed E-state index contributed by atoms with van der Waals surface area (Å²) in [5.41, 5.74) is 0. The monoisotopic (exact) mass is 226 g/mol. The maximum absolute atomic E-state index is 11.4. The number of rotatable bonds is 8. The van der Waals surface area contributed by atoms with Gasteiger partial charge in [-0.15, -0.1) is 0 Å². The Bertz CT molecular complexity index is 239. The molecule has 0 unspecified atom stereocenters. The summed E-state index contributed by atoms with van der Waals surface area (Å²) in [6.45, 7) is 4.09. The van der Waals surface area contributed by atoms with Crippen LogP contribution in [0.2, 0.25) is 0 Å². The van der Waals surface area contributed by atoms with Gasteiger partial charge in [-0.3, -0.25) is 4.79 Å². The van der Waals surface area contributed by atoms with E-state index in [0.29, 0.717) is 13.2 Å². The molecular weight excluding hydrogens is 204 g/mol. The highest BCUT2D eigenvalue weighted by molar-refractivity contribution is 6.35. The minimum atomic E-state index is -0.161. The van der Waals surface area contributed by atoms with Gasteiger partial charge >= 0.3 is 5.91 Å². The second kappa shape index (κ2) is 8.13. The molecule has 0 spiro atoms. The van der Waals surface area contributed by atoms with Gasteiger partial charge in [0.05, 0.1) is 6.54 Å². The smallest absolute Gasteiger partial charge is 0.306 e. The molecular formula is C12H22N2O2. The highest BCUT2D eigenvalue weighted by Gasteiger charge is 2.15. The van der Waals surface area contributed by atoms with Crippen LogP contribution in [0.25, 0.3) is 0 Å². The van der Waals surface area contributed by atoms with E-state index >= 15 is 0 Å². The Hall–Kier alpha value is -1.06. The molecule has 0 aliphatic carbocycles. The molecule has 1 aliphatic heterocycles. The molecule has 0 aromatic carbocycles. The molecule has 1 amide bonds. The molecule has 1 rings (SSSR count). The number of hydrogen-bond donors (Lipinski definition) is 1. The molecule has 0 radical (unpaired) electrons. The number of amides is 1. The summed E-state index contributed by atoms with van der Waals surface area (Å²) in [6.07, 6.45) is 7.39. The molecule has 92 valence electrons. The molecule has 16 heavy (non-hydrogen) atoms. The van der Waals surface area contributed by atoms with Crippen LogP contribution in [0.3, 0.4) is 0 Å². The van der Waals surface area contributed by atoms with Gasteiger partial charge in [-0.25, -0.2) is 4.99 Å². The molecule has 0 atom stereocenters. The van der Waals surface area contributed by atoms with E-state index in [1.807, 2.05) is 0 Å². The fourth-order valence-corrected chi connectivity index (χ4v) is 1.66. The SMILES string of the molecule is CCCCCCCCNC(=O)C1=NCCO1. The van der Waals surface area contributed by atoms with Crippen molar-refractivity contribution in [3.63, 3.8) is 0 Å². The predicted octanol–water partition coefficient (Wildman–Crippen LogP) is 1.89. The zero-order valence-electron chi connectivity index (χ0n) is 10.1. The predicted molar refractivity (Wildman–Crippen MR) is 64.6 cm³/mol. The molecule has 1 aliphatic rings. The number of carbonyl (C=O) groups is 1. The Labute approximate surface area is 97.5 Å². The van der Waals surface area contributed by atoms with E-state index in [4.69, 9.17) is 4.74 Å². The first-order chi connectivity index (χ1) is 7.84. The lowest BCUT2D eigenvalue weighted by molar-refractivity contribution is -0.116. The van der Waals surface area contributed by atoms with Crippen LogP contribution in [0.15, 0.2) is 4.99 Å². The van der Waals surface area contributed by atoms with E-state index in [-0.39, 0.29) is 11.8 Å². The topological polar surface area (TPSA) is 50.7 Å². The third-order valence-corrected chi connectivity index (χ3v) is 2.60. The van der Waals surface area contributed by atoms with Crippen molar-refractivity contribution < 1.29 is 9.53 Å². The van der Waals surface area contributed by atoms with Crippen LogP contribution in [0.1, 0.15) is 45.4 Å². The average molecular weight is 226 g/mol. The number of carbonyl (C=O) groups excluding carboxylic acids is 1. The number of unbranched alkanes of at least 4 members (excludes halogenated alkanes) is 5. The minimum absolute atomic E-state index is 0.161. The molecule has 0 fully saturated rings. The lowest BCUT2D eigenvalue weighted by Gasteiger charge is -2.04. The average Bonchev–Trinajstić information content (AvgIpc) is 2.81. The molecule has 4 heteroatoms. The zero-order chi connectivity index (χ0) is 11.6. The van der Waals surface area contributed by atoms with Crippen molar-refractivity contribution in [3.05, 3.63) is 0 Å². The van der Waals surface area contributed by atoms with Gasteiger partial charge in [0, 0.05) is 6.54 Å². The Morgan fingerprint density at radius 1 is 1.31 bits per heavy atom. The van der Waals surface area contributed by atoms with Crippen LogP contribution in [0, 0.1) is 0 Å². The molecule has 0 bridgehead atoms. The van der Waals surface area contributed by atoms with E-state index in [1.54, 1.807) is 0 Å². The van der Waals surface area contributed by atoms with Crippen LogP contribution in [-0.4, -0.2) is 31.5 Å². The van der Waals surface area contributed by atoms with Crippen LogP contribution in [0.5, 0.6) is 0 Å². The third kappa shape index (κ3) is 5.14. The molecule has 1 heterocycles. The Kier molecular flexibility index (Phi) is 6.61. The van der Waals surface area contributed by atoms with Gasteiger partial charge < -0.3 is 10.1 Å². The normalized spacial score (nSPS) is 14.4. The molecule has 0 aromatic heterocycles. The molecule has 1 N–H and O–H groups in total. The van der Waals surface area contributed by atoms with Gasteiger partial charge in [0.25, 0.3) is 5.90 Å². The maximum Gasteiger partial charge on any atom is 0.306 e. The van der Waals surface area contributed by atoms with E-state index in [0.717, 1.165) is 13.0 Å². The van der Waals surface area contributed by atoms with Crippen LogP contribution >= 0.6 is 0 Å². The van der Waals surface area contributed by atoms with Crippen molar-refractivity contribution in [2.45, 2.75) is 45.4 Å². The molecule has 0 saturated carbocycles. The van der Waals surface area contributed by atoms with Gasteiger partial charge in [0.2, 0.25) is 0 Å². The largest absolute Gasteiger partial charge is 0.472 e. The van der Waals surface area contributed by atoms with Crippen molar-refractivity contribution >= 4 is 11.8 Å². The van der Waals surface area contributed by atoms with Crippen molar-refractivity contribution in [3.8, 4) is 0 Å². The second-order valence-electron chi connectivity index (χ2n) is 4.06. The number of hydrogen-bond acceptors (Lipinski definition) is 3. The summed E-state index contributed by atoms with van der Waals surface area (Å²) in [7, 11) is 0. The number of aliphatic imine (C=N–C) groups is 1. The number of nitrogens with zero attached hydrogens (tertiary/aromatic N) is 1. The van der Waals surface area contributed by atoms with Gasteiger partial charge in [-0.1, -0.05) is 39.0 Å². The van der Waals surface area contributed by atoms with Gasteiger partial charge in [0.1, 0.15) is 6.61 Å². The number of nitrogens with one attached hydrogen (secondary N) is 1. The quantitative estimate of drug-likeness (QED) is 0.643. The summed E-state index contributed by atoms with van der Waals surface area (Å²) in [4.78, 5) is 15.4. The van der Waals surface area contributed by atoms with Gasteiger partial charge in [-0.2, -0.15) is 0 Å². The van der Waals surface area contributed by atoms with E-state index in [1.165, 1.54) is 32.1 Å². The maximum atomic E-state index is 11.4. The molecule has 4 nitrogen and oxygen atoms in total. The fourth-order valence-electron chi connectivity index (χ4n) is 1.66. The molecule has 0 aromatic rings. The highest BCUT2D eigenvalue weighted by Crippen LogP contribution is 2.04. The summed E-state index contributed by atoms with van der Waals surface area (Å²) in [6, 6.07) is 0. The Morgan fingerprint density at radius 3 is 2.75 bits per heavy atom. The van der Waals surface area contributed by atoms with Crippen LogP contribution in [-0.2, 0) is 9.53 Å². The number of ether oxygens (including phenoxy) is 1. The fraction of sp³-hybridized carbons (Fsp3) is 0.833. The third-order valence-electron chi connectivity index (χ3n) is 2.60. The van der Waals surface area contributed by atoms with Crippen LogP contribution in [0.4, 0.5) is 0 Å². The first-order valence-corrected chi connectivity index (χ1v) is 6.30. The summed E-state index contributed by atoms with van der Waals surface area (Å²) >= 11 is 0. The Balaban J connectivity index is 1.92. The highest BCUT2D eigenvalue weighted by atomic mass is 16.5. The first kappa shape index (κ1) is 13.0. The van der Waals surface area contributed by atoms with Gasteiger partial charge in [0.15, 0.2) is 0 Å². The van der Waals surface area contributed by atoms with Crippen molar-refractivity contribution in [2.75, 3.05) is 19.7 Å². The summed E-state index contributed by atoms with van der Waals surface area (Å²) in [5, 5.41) is 2.82. The van der Waals surface area contributed by atoms with Crippen LogP contribution < -0.4 is 5.32 Å². The second-order valence-corrected chi connectivity index (χ2v) is 4.06. The summed E-state index contributed by atoms with van der Waals surface area (Å²) in [5.74, 6) is 0.0945. The lowest BCUT2D eigenvalue weighted by atomic mass is 10.1. The zero-order valence-corrected chi connectivity index (χ0v) is 10.1. The first-order valence-electron chi connectivity index (χ1n) is 6.30. The van der Waals surface area contributed by atoms with Crippen molar-refractivity contribution in [2.24, 2.45) is 4.99 Å². The summed E-state index contributed by atoms with van der Waals surface area (Å²) < 4.78 is 5.06. The standard InChI is InChI=1S/C12H22N2O2/c1-2-3-4-5-6-7-8-13-11(15)12-14-9-10-16-12/h2-10H2,1H3,(H,13,15). The Morgan fingerprint density at radius 2 is 2.06 bits per heavy atom. The minimum Gasteiger partial charge on any atom is -0.472 e. The van der Waals surface area contributed by atoms with Gasteiger partial charge in [-0.05, 0) is 6.42 Å². The lowest BCUT2D eigenvalue weighted by Crippen LogP contribution is -2.31. The van der Waals surface area contributed by atoms with Crippen molar-refractivity contribution in [1.29, 1.82) is 0 Å².